The molecule has 0 unspecified atom stereocenters. The highest BCUT2D eigenvalue weighted by molar-refractivity contribution is 5.85. The van der Waals surface area contributed by atoms with Crippen LogP contribution in [0.2, 0.25) is 0 Å². The summed E-state index contributed by atoms with van der Waals surface area (Å²) in [5.41, 5.74) is 8.47. The summed E-state index contributed by atoms with van der Waals surface area (Å²) >= 11 is 0. The summed E-state index contributed by atoms with van der Waals surface area (Å²) in [6.45, 7) is 6.57. The van der Waals surface area contributed by atoms with Crippen molar-refractivity contribution in [1.29, 1.82) is 0 Å². The van der Waals surface area contributed by atoms with Gasteiger partial charge in [-0.15, -0.1) is 0 Å². The van der Waals surface area contributed by atoms with Gasteiger partial charge in [0.25, 0.3) is 0 Å². The summed E-state index contributed by atoms with van der Waals surface area (Å²) in [6.07, 6.45) is 6.64. The van der Waals surface area contributed by atoms with E-state index in [4.69, 9.17) is 5.73 Å². The van der Waals surface area contributed by atoms with Crippen molar-refractivity contribution >= 4 is 23.1 Å². The Morgan fingerprint density at radius 3 is 2.89 bits per heavy atom. The van der Waals surface area contributed by atoms with Crippen molar-refractivity contribution in [2.45, 2.75) is 13.5 Å². The summed E-state index contributed by atoms with van der Waals surface area (Å²) < 4.78 is 3.52. The van der Waals surface area contributed by atoms with Gasteiger partial charge in [-0.2, -0.15) is 14.8 Å². The number of imidazole rings is 1. The van der Waals surface area contributed by atoms with E-state index in [2.05, 4.69) is 26.6 Å². The third-order valence-electron chi connectivity index (χ3n) is 2.96. The van der Waals surface area contributed by atoms with Crippen LogP contribution in [0, 0.1) is 0 Å². The maximum atomic E-state index is 5.79. The molecule has 3 rings (SSSR count). The lowest BCUT2D eigenvalue weighted by atomic mass is 10.2. The fourth-order valence-electron chi connectivity index (χ4n) is 2.12. The van der Waals surface area contributed by atoms with Crippen LogP contribution < -0.4 is 5.73 Å². The molecule has 0 aromatic carbocycles. The van der Waals surface area contributed by atoms with E-state index in [9.17, 15) is 0 Å². The highest BCUT2D eigenvalue weighted by Crippen LogP contribution is 2.22. The lowest BCUT2D eigenvalue weighted by molar-refractivity contribution is 0.705. The Morgan fingerprint density at radius 2 is 2.26 bits per heavy atom. The second-order valence-electron chi connectivity index (χ2n) is 3.99. The first-order chi connectivity index (χ1) is 9.26. The predicted octanol–water partition coefficient (Wildman–Crippen LogP) is 1.26. The number of nitrogens with zero attached hydrogens (tertiary/aromatic N) is 6. The second-order valence-corrected chi connectivity index (χ2v) is 3.99. The Kier molecular flexibility index (Phi) is 2.52. The number of hydrogen-bond donors (Lipinski definition) is 1. The molecular formula is C12H13N7. The lowest BCUT2D eigenvalue weighted by Crippen LogP contribution is -2.10. The molecule has 0 radical (unpaired) electrons. The minimum atomic E-state index is 0.304. The van der Waals surface area contributed by atoms with Gasteiger partial charge in [0, 0.05) is 18.3 Å². The van der Waals surface area contributed by atoms with Crippen LogP contribution in [-0.2, 0) is 6.54 Å². The Morgan fingerprint density at radius 1 is 1.42 bits per heavy atom. The van der Waals surface area contributed by atoms with Crippen molar-refractivity contribution < 1.29 is 0 Å². The Labute approximate surface area is 109 Å². The molecule has 0 amide bonds. The number of nitrogen functional groups attached to an aromatic ring is 1. The summed E-state index contributed by atoms with van der Waals surface area (Å²) in [5, 5.41) is 4.10. The van der Waals surface area contributed by atoms with Crippen molar-refractivity contribution in [3.63, 3.8) is 0 Å². The van der Waals surface area contributed by atoms with E-state index in [-0.39, 0.29) is 0 Å². The molecule has 0 saturated heterocycles. The van der Waals surface area contributed by atoms with Crippen molar-refractivity contribution in [1.82, 2.24) is 29.3 Å². The zero-order chi connectivity index (χ0) is 13.4. The molecular weight excluding hydrogens is 242 g/mol. The van der Waals surface area contributed by atoms with Crippen LogP contribution in [0.25, 0.3) is 23.1 Å². The number of pyridine rings is 1. The van der Waals surface area contributed by atoms with Gasteiger partial charge in [-0.1, -0.05) is 12.7 Å². The standard InChI is InChI=1S/C12H13N7/c1-3-8-5-14-6-9-10(8)18(4-2)12(17-9)19-11(13)15-7-16-19/h3,5-7H,1,4H2,2H3,(H2,13,15,16). The number of anilines is 1. The molecule has 0 saturated carbocycles. The van der Waals surface area contributed by atoms with Crippen LogP contribution in [0.4, 0.5) is 5.95 Å². The normalized spacial score (nSPS) is 11.0. The Balaban J connectivity index is 2.38. The fraction of sp³-hybridized carbons (Fsp3) is 0.167. The molecule has 2 N–H and O–H groups in total. The third kappa shape index (κ3) is 1.59. The molecule has 0 aliphatic carbocycles. The predicted molar refractivity (Wildman–Crippen MR) is 72.6 cm³/mol. The number of aryl methyl sites for hydroxylation is 1. The van der Waals surface area contributed by atoms with Crippen LogP contribution in [0.15, 0.2) is 25.3 Å². The van der Waals surface area contributed by atoms with Crippen molar-refractivity contribution in [3.8, 4) is 5.95 Å². The maximum absolute atomic E-state index is 5.79. The van der Waals surface area contributed by atoms with Crippen LogP contribution in [0.3, 0.4) is 0 Å². The van der Waals surface area contributed by atoms with E-state index in [0.29, 0.717) is 11.9 Å². The van der Waals surface area contributed by atoms with Gasteiger partial charge in [0.2, 0.25) is 11.9 Å². The van der Waals surface area contributed by atoms with E-state index in [1.165, 1.54) is 11.0 Å². The number of rotatable bonds is 3. The van der Waals surface area contributed by atoms with Gasteiger partial charge < -0.3 is 10.3 Å². The summed E-state index contributed by atoms with van der Waals surface area (Å²) in [6, 6.07) is 0. The number of nitrogens with two attached hydrogens (primary N) is 1. The van der Waals surface area contributed by atoms with E-state index in [0.717, 1.165) is 23.1 Å². The highest BCUT2D eigenvalue weighted by Gasteiger charge is 2.16. The molecule has 0 bridgehead atoms. The third-order valence-corrected chi connectivity index (χ3v) is 2.96. The Hall–Kier alpha value is -2.70. The van der Waals surface area contributed by atoms with E-state index < -0.39 is 0 Å². The minimum absolute atomic E-state index is 0.304. The van der Waals surface area contributed by atoms with Gasteiger partial charge in [0.05, 0.1) is 11.7 Å². The molecule has 0 fully saturated rings. The first-order valence-electron chi connectivity index (χ1n) is 5.88. The SMILES string of the molecule is C=Cc1cncc2nc(-n3ncnc3N)n(CC)c12. The first-order valence-corrected chi connectivity index (χ1v) is 5.88. The average molecular weight is 255 g/mol. The zero-order valence-electron chi connectivity index (χ0n) is 10.5. The molecule has 0 atom stereocenters. The molecule has 0 aliphatic heterocycles. The molecule has 3 aromatic rings. The average Bonchev–Trinajstić information content (AvgIpc) is 3.00. The maximum Gasteiger partial charge on any atom is 0.235 e. The van der Waals surface area contributed by atoms with Gasteiger partial charge in [0.1, 0.15) is 11.8 Å². The lowest BCUT2D eigenvalue weighted by Gasteiger charge is -2.07. The number of aromatic nitrogens is 6. The van der Waals surface area contributed by atoms with Gasteiger partial charge in [-0.25, -0.2) is 4.98 Å². The van der Waals surface area contributed by atoms with E-state index in [1.54, 1.807) is 18.5 Å². The van der Waals surface area contributed by atoms with Gasteiger partial charge in [-0.3, -0.25) is 4.98 Å². The summed E-state index contributed by atoms with van der Waals surface area (Å²) in [7, 11) is 0. The van der Waals surface area contributed by atoms with E-state index in [1.807, 2.05) is 11.5 Å². The number of hydrogen-bond acceptors (Lipinski definition) is 5. The molecule has 19 heavy (non-hydrogen) atoms. The summed E-state index contributed by atoms with van der Waals surface area (Å²) in [5.74, 6) is 0.932. The second kappa shape index (κ2) is 4.20. The quantitative estimate of drug-likeness (QED) is 0.761. The first kappa shape index (κ1) is 11.4. The molecule has 3 heterocycles. The topological polar surface area (TPSA) is 87.4 Å². The zero-order valence-corrected chi connectivity index (χ0v) is 10.5. The van der Waals surface area contributed by atoms with Gasteiger partial charge in [0.15, 0.2) is 0 Å². The molecule has 7 nitrogen and oxygen atoms in total. The molecule has 0 spiro atoms. The van der Waals surface area contributed by atoms with Crippen LogP contribution in [0.5, 0.6) is 0 Å². The monoisotopic (exact) mass is 255 g/mol. The van der Waals surface area contributed by atoms with Crippen molar-refractivity contribution in [2.24, 2.45) is 0 Å². The summed E-state index contributed by atoms with van der Waals surface area (Å²) in [4.78, 5) is 12.6. The molecule has 7 heteroatoms. The highest BCUT2D eigenvalue weighted by atomic mass is 15.4. The van der Waals surface area contributed by atoms with Gasteiger partial charge in [-0.05, 0) is 6.92 Å². The van der Waals surface area contributed by atoms with Crippen LogP contribution >= 0.6 is 0 Å². The molecule has 96 valence electrons. The molecule has 0 aliphatic rings. The van der Waals surface area contributed by atoms with Crippen LogP contribution in [0.1, 0.15) is 12.5 Å². The number of fused-ring (bicyclic) bond motifs is 1. The largest absolute Gasteiger partial charge is 0.368 e. The van der Waals surface area contributed by atoms with E-state index >= 15 is 0 Å². The fourth-order valence-corrected chi connectivity index (χ4v) is 2.12. The Bertz CT molecular complexity index is 753. The van der Waals surface area contributed by atoms with Crippen LogP contribution in [-0.4, -0.2) is 29.3 Å². The van der Waals surface area contributed by atoms with Crippen molar-refractivity contribution in [2.75, 3.05) is 5.73 Å². The van der Waals surface area contributed by atoms with Crippen molar-refractivity contribution in [3.05, 3.63) is 30.9 Å². The van der Waals surface area contributed by atoms with Gasteiger partial charge >= 0.3 is 0 Å². The smallest absolute Gasteiger partial charge is 0.235 e. The minimum Gasteiger partial charge on any atom is -0.368 e. The molecule has 3 aromatic heterocycles.